The third-order valence-electron chi connectivity index (χ3n) is 3.92. The number of anilines is 1. The molecule has 1 unspecified atom stereocenters. The van der Waals surface area contributed by atoms with Gasteiger partial charge in [-0.25, -0.2) is 0 Å². The van der Waals surface area contributed by atoms with Crippen molar-refractivity contribution < 1.29 is 0 Å². The maximum atomic E-state index is 3.67. The zero-order valence-electron chi connectivity index (χ0n) is 12.0. The average molecular weight is 246 g/mol. The van der Waals surface area contributed by atoms with Crippen molar-refractivity contribution >= 4 is 5.69 Å². The topological polar surface area (TPSA) is 15.3 Å². The fourth-order valence-corrected chi connectivity index (χ4v) is 2.92. The SMILES string of the molecule is Cc1ccc(N(C)CC2CCCCCN2)c(C)c1. The fourth-order valence-electron chi connectivity index (χ4n) is 2.92. The summed E-state index contributed by atoms with van der Waals surface area (Å²) >= 11 is 0. The Balaban J connectivity index is 1.99. The molecule has 1 aliphatic rings. The first kappa shape index (κ1) is 13.4. The van der Waals surface area contributed by atoms with Gasteiger partial charge in [-0.05, 0) is 44.9 Å². The van der Waals surface area contributed by atoms with E-state index in [2.05, 4.69) is 49.3 Å². The van der Waals surface area contributed by atoms with E-state index in [0.717, 1.165) is 6.54 Å². The van der Waals surface area contributed by atoms with E-state index in [0.29, 0.717) is 6.04 Å². The summed E-state index contributed by atoms with van der Waals surface area (Å²) in [5.41, 5.74) is 4.09. The maximum absolute atomic E-state index is 3.67. The third kappa shape index (κ3) is 3.49. The summed E-state index contributed by atoms with van der Waals surface area (Å²) in [4.78, 5) is 2.40. The van der Waals surface area contributed by atoms with Gasteiger partial charge in [-0.15, -0.1) is 0 Å². The third-order valence-corrected chi connectivity index (χ3v) is 3.92. The molecule has 0 aromatic heterocycles. The summed E-state index contributed by atoms with van der Waals surface area (Å²) in [5, 5.41) is 3.67. The summed E-state index contributed by atoms with van der Waals surface area (Å²) in [6, 6.07) is 7.38. The lowest BCUT2D eigenvalue weighted by molar-refractivity contribution is 0.509. The molecule has 0 saturated carbocycles. The van der Waals surface area contributed by atoms with Crippen LogP contribution in [0.2, 0.25) is 0 Å². The molecule has 1 N–H and O–H groups in total. The first-order valence-corrected chi connectivity index (χ1v) is 7.18. The minimum Gasteiger partial charge on any atom is -0.373 e. The predicted molar refractivity (Wildman–Crippen MR) is 79.4 cm³/mol. The Bertz CT molecular complexity index is 379. The van der Waals surface area contributed by atoms with E-state index in [-0.39, 0.29) is 0 Å². The number of aryl methyl sites for hydroxylation is 2. The van der Waals surface area contributed by atoms with Crippen LogP contribution in [0, 0.1) is 13.8 Å². The highest BCUT2D eigenvalue weighted by Crippen LogP contribution is 2.21. The van der Waals surface area contributed by atoms with Gasteiger partial charge in [0.05, 0.1) is 0 Å². The van der Waals surface area contributed by atoms with Gasteiger partial charge < -0.3 is 10.2 Å². The summed E-state index contributed by atoms with van der Waals surface area (Å²) in [7, 11) is 2.21. The number of nitrogens with one attached hydrogen (secondary N) is 1. The van der Waals surface area contributed by atoms with Crippen LogP contribution >= 0.6 is 0 Å². The van der Waals surface area contributed by atoms with Gasteiger partial charge in [0.2, 0.25) is 0 Å². The molecule has 1 atom stereocenters. The molecule has 2 nitrogen and oxygen atoms in total. The molecule has 18 heavy (non-hydrogen) atoms. The number of rotatable bonds is 3. The number of likely N-dealkylation sites (N-methyl/N-ethyl adjacent to an activating group) is 1. The van der Waals surface area contributed by atoms with Crippen LogP contribution in [0.1, 0.15) is 36.8 Å². The minimum atomic E-state index is 0.651. The first-order chi connectivity index (χ1) is 8.66. The van der Waals surface area contributed by atoms with Crippen LogP contribution in [-0.4, -0.2) is 26.2 Å². The van der Waals surface area contributed by atoms with E-state index < -0.39 is 0 Å². The molecule has 2 rings (SSSR count). The molecule has 2 heteroatoms. The van der Waals surface area contributed by atoms with E-state index in [1.807, 2.05) is 0 Å². The van der Waals surface area contributed by atoms with Crippen LogP contribution in [0.3, 0.4) is 0 Å². The fraction of sp³-hybridized carbons (Fsp3) is 0.625. The molecular formula is C16H26N2. The molecule has 0 spiro atoms. The number of benzene rings is 1. The second kappa shape index (κ2) is 6.24. The second-order valence-corrected chi connectivity index (χ2v) is 5.67. The van der Waals surface area contributed by atoms with E-state index in [9.17, 15) is 0 Å². The van der Waals surface area contributed by atoms with Gasteiger partial charge in [0.1, 0.15) is 0 Å². The molecule has 0 amide bonds. The Labute approximate surface area is 111 Å². The lowest BCUT2D eigenvalue weighted by Gasteiger charge is -2.27. The summed E-state index contributed by atoms with van der Waals surface area (Å²) in [5.74, 6) is 0. The van der Waals surface area contributed by atoms with Crippen molar-refractivity contribution in [2.24, 2.45) is 0 Å². The van der Waals surface area contributed by atoms with Crippen LogP contribution in [0.5, 0.6) is 0 Å². The van der Waals surface area contributed by atoms with Crippen molar-refractivity contribution in [2.45, 2.75) is 45.6 Å². The largest absolute Gasteiger partial charge is 0.373 e. The Hall–Kier alpha value is -1.02. The van der Waals surface area contributed by atoms with Crippen molar-refractivity contribution in [1.82, 2.24) is 5.32 Å². The van der Waals surface area contributed by atoms with Gasteiger partial charge in [0.15, 0.2) is 0 Å². The molecule has 0 radical (unpaired) electrons. The van der Waals surface area contributed by atoms with Crippen molar-refractivity contribution in [3.8, 4) is 0 Å². The second-order valence-electron chi connectivity index (χ2n) is 5.67. The zero-order valence-corrected chi connectivity index (χ0v) is 12.0. The summed E-state index contributed by atoms with van der Waals surface area (Å²) in [6.45, 7) is 6.66. The lowest BCUT2D eigenvalue weighted by atomic mass is 10.1. The van der Waals surface area contributed by atoms with E-state index in [1.165, 1.54) is 49.0 Å². The zero-order chi connectivity index (χ0) is 13.0. The first-order valence-electron chi connectivity index (χ1n) is 7.18. The monoisotopic (exact) mass is 246 g/mol. The van der Waals surface area contributed by atoms with Crippen LogP contribution in [0.25, 0.3) is 0 Å². The van der Waals surface area contributed by atoms with E-state index in [4.69, 9.17) is 0 Å². The number of hydrogen-bond acceptors (Lipinski definition) is 2. The standard InChI is InChI=1S/C16H26N2/c1-13-8-9-16(14(2)11-13)18(3)12-15-7-5-4-6-10-17-15/h8-9,11,15,17H,4-7,10,12H2,1-3H3. The van der Waals surface area contributed by atoms with Gasteiger partial charge in [0.25, 0.3) is 0 Å². The van der Waals surface area contributed by atoms with E-state index >= 15 is 0 Å². The highest BCUT2D eigenvalue weighted by Gasteiger charge is 2.14. The molecule has 1 aromatic rings. The molecular weight excluding hydrogens is 220 g/mol. The van der Waals surface area contributed by atoms with Crippen molar-refractivity contribution in [2.75, 3.05) is 25.0 Å². The quantitative estimate of drug-likeness (QED) is 0.880. The van der Waals surface area contributed by atoms with Gasteiger partial charge in [-0.3, -0.25) is 0 Å². The minimum absolute atomic E-state index is 0.651. The van der Waals surface area contributed by atoms with Crippen LogP contribution in [-0.2, 0) is 0 Å². The summed E-state index contributed by atoms with van der Waals surface area (Å²) < 4.78 is 0. The molecule has 1 heterocycles. The molecule has 1 saturated heterocycles. The summed E-state index contributed by atoms with van der Waals surface area (Å²) in [6.07, 6.45) is 5.41. The lowest BCUT2D eigenvalue weighted by Crippen LogP contribution is -2.39. The van der Waals surface area contributed by atoms with Crippen molar-refractivity contribution in [3.05, 3.63) is 29.3 Å². The molecule has 1 aromatic carbocycles. The Morgan fingerprint density at radius 3 is 2.83 bits per heavy atom. The number of nitrogens with zero attached hydrogens (tertiary/aromatic N) is 1. The molecule has 0 aliphatic carbocycles. The molecule has 1 aliphatic heterocycles. The smallest absolute Gasteiger partial charge is 0.0394 e. The van der Waals surface area contributed by atoms with Crippen LogP contribution in [0.4, 0.5) is 5.69 Å². The Morgan fingerprint density at radius 2 is 2.06 bits per heavy atom. The van der Waals surface area contributed by atoms with Crippen LogP contribution in [0.15, 0.2) is 18.2 Å². The van der Waals surface area contributed by atoms with E-state index in [1.54, 1.807) is 0 Å². The number of hydrogen-bond donors (Lipinski definition) is 1. The van der Waals surface area contributed by atoms with Gasteiger partial charge in [0, 0.05) is 25.3 Å². The Morgan fingerprint density at radius 1 is 1.22 bits per heavy atom. The highest BCUT2D eigenvalue weighted by molar-refractivity contribution is 5.53. The molecule has 0 bridgehead atoms. The highest BCUT2D eigenvalue weighted by atomic mass is 15.1. The average Bonchev–Trinajstić information content (AvgIpc) is 2.57. The van der Waals surface area contributed by atoms with Crippen molar-refractivity contribution in [3.63, 3.8) is 0 Å². The van der Waals surface area contributed by atoms with Crippen LogP contribution < -0.4 is 10.2 Å². The maximum Gasteiger partial charge on any atom is 0.0394 e. The predicted octanol–water partition coefficient (Wildman–Crippen LogP) is 3.27. The van der Waals surface area contributed by atoms with Crippen molar-refractivity contribution in [1.29, 1.82) is 0 Å². The van der Waals surface area contributed by atoms with Gasteiger partial charge >= 0.3 is 0 Å². The van der Waals surface area contributed by atoms with Gasteiger partial charge in [-0.1, -0.05) is 30.5 Å². The Kier molecular flexibility index (Phi) is 4.65. The molecule has 1 fully saturated rings. The normalized spacial score (nSPS) is 20.5. The van der Waals surface area contributed by atoms with Gasteiger partial charge in [-0.2, -0.15) is 0 Å². The molecule has 100 valence electrons.